The smallest absolute Gasteiger partial charge is 0.327 e. The molecule has 5 nitrogen and oxygen atoms in total. The summed E-state index contributed by atoms with van der Waals surface area (Å²) in [7, 11) is 1.59. The number of carboxylic acid groups (broad SMARTS) is 1. The molecule has 1 aromatic rings. The molecule has 0 aromatic heterocycles. The van der Waals surface area contributed by atoms with Crippen LogP contribution in [0.2, 0.25) is 0 Å². The molecule has 0 bridgehead atoms. The van der Waals surface area contributed by atoms with Crippen LogP contribution in [0.5, 0.6) is 5.75 Å². The van der Waals surface area contributed by atoms with Crippen molar-refractivity contribution in [1.29, 1.82) is 0 Å². The van der Waals surface area contributed by atoms with Crippen LogP contribution in [-0.2, 0) is 9.59 Å². The van der Waals surface area contributed by atoms with E-state index in [1.165, 1.54) is 23.6 Å². The third kappa shape index (κ3) is 2.85. The molecule has 1 aromatic carbocycles. The van der Waals surface area contributed by atoms with E-state index >= 15 is 0 Å². The van der Waals surface area contributed by atoms with Crippen LogP contribution in [0.25, 0.3) is 0 Å². The Kier molecular flexibility index (Phi) is 4.18. The maximum atomic E-state index is 12.0. The molecule has 2 atom stereocenters. The zero-order valence-corrected chi connectivity index (χ0v) is 13.3. The number of benzene rings is 1. The van der Waals surface area contributed by atoms with Crippen LogP contribution in [0, 0.1) is 0 Å². The van der Waals surface area contributed by atoms with Gasteiger partial charge in [-0.15, -0.1) is 11.8 Å². The van der Waals surface area contributed by atoms with Gasteiger partial charge in [0, 0.05) is 11.7 Å². The van der Waals surface area contributed by atoms with E-state index in [1.807, 2.05) is 38.1 Å². The van der Waals surface area contributed by atoms with Crippen LogP contribution >= 0.6 is 11.8 Å². The SMILES string of the molecule is COc1ccc([C@H]2SC(C)(C)[C@H](C(=O)O)N2C(C)=O)cc1. The lowest BCUT2D eigenvalue weighted by atomic mass is 10.0. The van der Waals surface area contributed by atoms with Crippen molar-refractivity contribution < 1.29 is 19.4 Å². The van der Waals surface area contributed by atoms with Gasteiger partial charge < -0.3 is 14.7 Å². The average Bonchev–Trinajstić information content (AvgIpc) is 2.70. The first-order valence-corrected chi connectivity index (χ1v) is 7.49. The number of thioether (sulfide) groups is 1. The molecule has 1 fully saturated rings. The zero-order valence-electron chi connectivity index (χ0n) is 12.5. The van der Waals surface area contributed by atoms with Crippen molar-refractivity contribution in [2.75, 3.05) is 7.11 Å². The first-order valence-electron chi connectivity index (χ1n) is 6.61. The summed E-state index contributed by atoms with van der Waals surface area (Å²) in [6, 6.07) is 6.52. The molecule has 1 N–H and O–H groups in total. The van der Waals surface area contributed by atoms with Crippen LogP contribution in [0.1, 0.15) is 31.7 Å². The Balaban J connectivity index is 2.42. The van der Waals surface area contributed by atoms with Crippen molar-refractivity contribution in [1.82, 2.24) is 4.90 Å². The van der Waals surface area contributed by atoms with Gasteiger partial charge in [-0.05, 0) is 31.5 Å². The third-order valence-electron chi connectivity index (χ3n) is 3.60. The second kappa shape index (κ2) is 5.60. The van der Waals surface area contributed by atoms with Gasteiger partial charge in [-0.25, -0.2) is 4.79 Å². The van der Waals surface area contributed by atoms with Gasteiger partial charge in [0.2, 0.25) is 5.91 Å². The summed E-state index contributed by atoms with van der Waals surface area (Å²) in [4.78, 5) is 25.0. The number of aliphatic carboxylic acids is 1. The predicted molar refractivity (Wildman–Crippen MR) is 81.3 cm³/mol. The van der Waals surface area contributed by atoms with E-state index in [9.17, 15) is 14.7 Å². The van der Waals surface area contributed by atoms with Gasteiger partial charge >= 0.3 is 5.97 Å². The molecule has 0 aliphatic carbocycles. The molecule has 1 saturated heterocycles. The Labute approximate surface area is 128 Å². The minimum absolute atomic E-state index is 0.235. The first-order chi connectivity index (χ1) is 9.77. The first kappa shape index (κ1) is 15.7. The second-order valence-electron chi connectivity index (χ2n) is 5.51. The fourth-order valence-corrected chi connectivity index (χ4v) is 4.24. The molecule has 1 aliphatic rings. The number of ether oxygens (including phenoxy) is 1. The summed E-state index contributed by atoms with van der Waals surface area (Å²) in [5.41, 5.74) is 0.896. The Bertz CT molecular complexity index is 555. The minimum Gasteiger partial charge on any atom is -0.497 e. The van der Waals surface area contributed by atoms with Gasteiger partial charge in [-0.2, -0.15) is 0 Å². The fourth-order valence-electron chi connectivity index (χ4n) is 2.64. The van der Waals surface area contributed by atoms with Gasteiger partial charge in [0.15, 0.2) is 0 Å². The summed E-state index contributed by atoms with van der Waals surface area (Å²) in [6.07, 6.45) is 0. The Morgan fingerprint density at radius 1 is 1.29 bits per heavy atom. The van der Waals surface area contributed by atoms with E-state index in [1.54, 1.807) is 7.11 Å². The topological polar surface area (TPSA) is 66.8 Å². The van der Waals surface area contributed by atoms with Crippen LogP contribution in [0.3, 0.4) is 0 Å². The Morgan fingerprint density at radius 3 is 2.29 bits per heavy atom. The normalized spacial score (nSPS) is 23.9. The quantitative estimate of drug-likeness (QED) is 0.929. The lowest BCUT2D eigenvalue weighted by molar-refractivity contribution is -0.150. The van der Waals surface area contributed by atoms with Gasteiger partial charge in [0.25, 0.3) is 0 Å². The number of carbonyl (C=O) groups excluding carboxylic acids is 1. The Morgan fingerprint density at radius 2 is 1.86 bits per heavy atom. The van der Waals surface area contributed by atoms with E-state index in [0.717, 1.165) is 11.3 Å². The van der Waals surface area contributed by atoms with Crippen LogP contribution in [-0.4, -0.2) is 39.8 Å². The highest BCUT2D eigenvalue weighted by molar-refractivity contribution is 8.01. The number of methoxy groups -OCH3 is 1. The van der Waals surface area contributed by atoms with Crippen molar-refractivity contribution in [3.8, 4) is 5.75 Å². The van der Waals surface area contributed by atoms with Gasteiger partial charge in [-0.3, -0.25) is 4.79 Å². The summed E-state index contributed by atoms with van der Waals surface area (Å²) in [6.45, 7) is 5.13. The maximum absolute atomic E-state index is 12.0. The third-order valence-corrected chi connectivity index (χ3v) is 5.16. The molecule has 0 radical (unpaired) electrons. The molecule has 6 heteroatoms. The molecule has 0 spiro atoms. The van der Waals surface area contributed by atoms with E-state index in [2.05, 4.69) is 0 Å². The fraction of sp³-hybridized carbons (Fsp3) is 0.467. The van der Waals surface area contributed by atoms with Gasteiger partial charge in [-0.1, -0.05) is 12.1 Å². The van der Waals surface area contributed by atoms with Crippen molar-refractivity contribution in [3.63, 3.8) is 0 Å². The number of amides is 1. The second-order valence-corrected chi connectivity index (χ2v) is 7.25. The lowest BCUT2D eigenvalue weighted by Gasteiger charge is -2.28. The lowest BCUT2D eigenvalue weighted by Crippen LogP contribution is -2.48. The summed E-state index contributed by atoms with van der Waals surface area (Å²) in [5, 5.41) is 9.19. The summed E-state index contributed by atoms with van der Waals surface area (Å²) in [5.74, 6) is -0.481. The van der Waals surface area contributed by atoms with Crippen LogP contribution in [0.15, 0.2) is 24.3 Å². The molecule has 0 saturated carbocycles. The predicted octanol–water partition coefficient (Wildman–Crippen LogP) is 2.52. The van der Waals surface area contributed by atoms with Crippen LogP contribution in [0.4, 0.5) is 0 Å². The summed E-state index contributed by atoms with van der Waals surface area (Å²) < 4.78 is 4.57. The van der Waals surface area contributed by atoms with Crippen molar-refractivity contribution in [2.24, 2.45) is 0 Å². The number of hydrogen-bond acceptors (Lipinski definition) is 4. The largest absolute Gasteiger partial charge is 0.497 e. The van der Waals surface area contributed by atoms with E-state index in [0.29, 0.717) is 0 Å². The summed E-state index contributed by atoms with van der Waals surface area (Å²) >= 11 is 1.49. The molecule has 1 amide bonds. The molecule has 114 valence electrons. The van der Waals surface area contributed by atoms with E-state index < -0.39 is 16.8 Å². The Hall–Kier alpha value is -1.69. The number of carbonyl (C=O) groups is 2. The van der Waals surface area contributed by atoms with Crippen LogP contribution < -0.4 is 4.74 Å². The average molecular weight is 309 g/mol. The highest BCUT2D eigenvalue weighted by Gasteiger charge is 2.52. The molecule has 21 heavy (non-hydrogen) atoms. The molecule has 1 aliphatic heterocycles. The number of nitrogens with zero attached hydrogens (tertiary/aromatic N) is 1. The highest BCUT2D eigenvalue weighted by Crippen LogP contribution is 2.52. The number of carboxylic acids is 1. The molecule has 0 unspecified atom stereocenters. The number of rotatable bonds is 3. The molecular formula is C15H19NO4S. The molecular weight excluding hydrogens is 290 g/mol. The van der Waals surface area contributed by atoms with Crippen molar-refractivity contribution in [2.45, 2.75) is 36.9 Å². The highest BCUT2D eigenvalue weighted by atomic mass is 32.2. The maximum Gasteiger partial charge on any atom is 0.327 e. The zero-order chi connectivity index (χ0) is 15.8. The van der Waals surface area contributed by atoms with Crippen molar-refractivity contribution in [3.05, 3.63) is 29.8 Å². The van der Waals surface area contributed by atoms with E-state index in [4.69, 9.17) is 4.74 Å². The number of hydrogen-bond donors (Lipinski definition) is 1. The van der Waals surface area contributed by atoms with Gasteiger partial charge in [0.05, 0.1) is 7.11 Å². The molecule has 1 heterocycles. The molecule has 2 rings (SSSR count). The standard InChI is InChI=1S/C15H19NO4S/c1-9(17)16-12(14(18)19)15(2,3)21-13(16)10-5-7-11(20-4)8-6-10/h5-8,12-13H,1-4H3,(H,18,19)/t12-,13+/m0/s1. The minimum atomic E-state index is -0.973. The monoisotopic (exact) mass is 309 g/mol. The van der Waals surface area contributed by atoms with Gasteiger partial charge in [0.1, 0.15) is 17.2 Å². The van der Waals surface area contributed by atoms with Crippen molar-refractivity contribution >= 4 is 23.6 Å². The van der Waals surface area contributed by atoms with E-state index in [-0.39, 0.29) is 11.3 Å².